The van der Waals surface area contributed by atoms with Gasteiger partial charge in [0.2, 0.25) is 5.91 Å². The SMILES string of the molecule is COc1cccc(-c2nnc(SCC(=O)Nc3c(F)cc(F)cc3Br)n2-c2ccc(Cl)cc2)c1. The smallest absolute Gasteiger partial charge is 0.234 e. The molecular weight excluding hydrogens is 550 g/mol. The fraction of sp³-hybridized carbons (Fsp3) is 0.0870. The first-order valence-corrected chi connectivity index (χ1v) is 11.9. The Kier molecular flexibility index (Phi) is 7.50. The van der Waals surface area contributed by atoms with Crippen molar-refractivity contribution < 1.29 is 18.3 Å². The normalized spacial score (nSPS) is 10.9. The standard InChI is InChI=1S/C23H16BrClF2N4O2S/c1-33-17-4-2-3-13(9-17)22-29-30-23(31(22)16-7-5-14(25)6-8-16)34-12-20(32)28-21-18(24)10-15(26)11-19(21)27/h2-11H,12H2,1H3,(H,28,32). The summed E-state index contributed by atoms with van der Waals surface area (Å²) in [5.41, 5.74) is 1.36. The molecule has 1 amide bonds. The maximum Gasteiger partial charge on any atom is 0.234 e. The number of hydrogen-bond acceptors (Lipinski definition) is 5. The van der Waals surface area contributed by atoms with Crippen LogP contribution < -0.4 is 10.1 Å². The third-order valence-corrected chi connectivity index (χ3v) is 6.46. The average molecular weight is 566 g/mol. The lowest BCUT2D eigenvalue weighted by molar-refractivity contribution is -0.113. The number of methoxy groups -OCH3 is 1. The predicted octanol–water partition coefficient (Wildman–Crippen LogP) is 6.37. The highest BCUT2D eigenvalue weighted by molar-refractivity contribution is 9.10. The van der Waals surface area contributed by atoms with Gasteiger partial charge < -0.3 is 10.1 Å². The second-order valence-electron chi connectivity index (χ2n) is 6.93. The number of carbonyl (C=O) groups is 1. The van der Waals surface area contributed by atoms with Gasteiger partial charge in [-0.25, -0.2) is 8.78 Å². The lowest BCUT2D eigenvalue weighted by Gasteiger charge is -2.12. The van der Waals surface area contributed by atoms with E-state index >= 15 is 0 Å². The van der Waals surface area contributed by atoms with Crippen molar-refractivity contribution in [2.75, 3.05) is 18.2 Å². The highest BCUT2D eigenvalue weighted by atomic mass is 79.9. The van der Waals surface area contributed by atoms with E-state index in [1.165, 1.54) is 0 Å². The number of halogens is 4. The van der Waals surface area contributed by atoms with Crippen LogP contribution in [0.3, 0.4) is 0 Å². The lowest BCUT2D eigenvalue weighted by Crippen LogP contribution is -2.16. The van der Waals surface area contributed by atoms with E-state index in [9.17, 15) is 13.6 Å². The number of anilines is 1. The van der Waals surface area contributed by atoms with Crippen molar-refractivity contribution in [3.8, 4) is 22.8 Å². The van der Waals surface area contributed by atoms with Crippen molar-refractivity contribution in [3.05, 3.63) is 81.8 Å². The van der Waals surface area contributed by atoms with E-state index in [0.717, 1.165) is 29.1 Å². The molecule has 4 aromatic rings. The fourth-order valence-corrected chi connectivity index (χ4v) is 4.49. The molecule has 0 aliphatic rings. The molecule has 11 heteroatoms. The van der Waals surface area contributed by atoms with Crippen molar-refractivity contribution in [3.63, 3.8) is 0 Å². The summed E-state index contributed by atoms with van der Waals surface area (Å²) in [7, 11) is 1.57. The number of ether oxygens (including phenoxy) is 1. The van der Waals surface area contributed by atoms with Gasteiger partial charge in [0.05, 0.1) is 18.6 Å². The molecule has 0 saturated carbocycles. The highest BCUT2D eigenvalue weighted by Gasteiger charge is 2.19. The number of hydrogen-bond donors (Lipinski definition) is 1. The number of thioether (sulfide) groups is 1. The predicted molar refractivity (Wildman–Crippen MR) is 132 cm³/mol. The number of nitrogens with zero attached hydrogens (tertiary/aromatic N) is 3. The van der Waals surface area contributed by atoms with E-state index in [1.54, 1.807) is 23.8 Å². The van der Waals surface area contributed by atoms with Crippen LogP contribution in [0.1, 0.15) is 0 Å². The van der Waals surface area contributed by atoms with Gasteiger partial charge in [-0.05, 0) is 58.4 Å². The van der Waals surface area contributed by atoms with Crippen molar-refractivity contribution in [1.29, 1.82) is 0 Å². The summed E-state index contributed by atoms with van der Waals surface area (Å²) in [5, 5.41) is 12.0. The summed E-state index contributed by atoms with van der Waals surface area (Å²) in [5.74, 6) is -1.02. The van der Waals surface area contributed by atoms with Crippen molar-refractivity contribution in [2.45, 2.75) is 5.16 Å². The molecule has 1 N–H and O–H groups in total. The van der Waals surface area contributed by atoms with Gasteiger partial charge in [-0.15, -0.1) is 10.2 Å². The molecule has 0 bridgehead atoms. The molecule has 1 aromatic heterocycles. The zero-order valence-corrected chi connectivity index (χ0v) is 20.7. The molecule has 34 heavy (non-hydrogen) atoms. The van der Waals surface area contributed by atoms with Crippen molar-refractivity contribution >= 4 is 50.9 Å². The van der Waals surface area contributed by atoms with E-state index in [1.807, 2.05) is 36.4 Å². The number of nitrogens with one attached hydrogen (secondary N) is 1. The van der Waals surface area contributed by atoms with Gasteiger partial charge in [-0.2, -0.15) is 0 Å². The Hall–Kier alpha value is -2.95. The summed E-state index contributed by atoms with van der Waals surface area (Å²) in [4.78, 5) is 12.5. The van der Waals surface area contributed by atoms with Crippen molar-refractivity contribution in [2.24, 2.45) is 0 Å². The third-order valence-electron chi connectivity index (χ3n) is 4.65. The van der Waals surface area contributed by atoms with Gasteiger partial charge in [0.1, 0.15) is 11.6 Å². The van der Waals surface area contributed by atoms with Crippen LogP contribution in [0.15, 0.2) is 70.3 Å². The lowest BCUT2D eigenvalue weighted by atomic mass is 10.2. The number of aromatic nitrogens is 3. The molecule has 0 radical (unpaired) electrons. The molecule has 0 aliphatic carbocycles. The molecule has 0 fully saturated rings. The first kappa shape index (κ1) is 24.2. The van der Waals surface area contributed by atoms with Gasteiger partial charge in [-0.3, -0.25) is 9.36 Å². The van der Waals surface area contributed by atoms with Gasteiger partial charge in [0.15, 0.2) is 16.8 Å². The van der Waals surface area contributed by atoms with Gasteiger partial charge in [-0.1, -0.05) is 35.5 Å². The third kappa shape index (κ3) is 5.40. The topological polar surface area (TPSA) is 69.0 Å². The number of carbonyl (C=O) groups excluding carboxylic acids is 1. The zero-order valence-electron chi connectivity index (χ0n) is 17.6. The van der Waals surface area contributed by atoms with E-state index < -0.39 is 17.5 Å². The van der Waals surface area contributed by atoms with Crippen LogP contribution >= 0.6 is 39.3 Å². The van der Waals surface area contributed by atoms with Gasteiger partial charge >= 0.3 is 0 Å². The Balaban J connectivity index is 1.62. The van der Waals surface area contributed by atoms with E-state index in [0.29, 0.717) is 27.8 Å². The summed E-state index contributed by atoms with van der Waals surface area (Å²) in [6, 6.07) is 16.2. The summed E-state index contributed by atoms with van der Waals surface area (Å²) in [6.45, 7) is 0. The van der Waals surface area contributed by atoms with Crippen LogP contribution in [0.5, 0.6) is 5.75 Å². The Labute approximate surface area is 211 Å². The maximum absolute atomic E-state index is 14.1. The van der Waals surface area contributed by atoms with Gasteiger partial charge in [0.25, 0.3) is 0 Å². The molecule has 4 rings (SSSR count). The summed E-state index contributed by atoms with van der Waals surface area (Å²) >= 11 is 10.2. The van der Waals surface area contributed by atoms with E-state index in [4.69, 9.17) is 16.3 Å². The quantitative estimate of drug-likeness (QED) is 0.264. The monoisotopic (exact) mass is 564 g/mol. The fourth-order valence-electron chi connectivity index (χ4n) is 3.10. The Bertz CT molecular complexity index is 1330. The molecule has 0 aliphatic heterocycles. The van der Waals surface area contributed by atoms with Crippen LogP contribution in [0.4, 0.5) is 14.5 Å². The second kappa shape index (κ2) is 10.5. The molecule has 1 heterocycles. The molecular formula is C23H16BrClF2N4O2S. The molecule has 6 nitrogen and oxygen atoms in total. The molecule has 0 spiro atoms. The Morgan fingerprint density at radius 3 is 2.62 bits per heavy atom. The van der Waals surface area contributed by atoms with Crippen LogP contribution in [-0.4, -0.2) is 33.5 Å². The first-order chi connectivity index (χ1) is 16.4. The van der Waals surface area contributed by atoms with Gasteiger partial charge in [0, 0.05) is 26.8 Å². The van der Waals surface area contributed by atoms with Crippen molar-refractivity contribution in [1.82, 2.24) is 14.8 Å². The largest absolute Gasteiger partial charge is 0.497 e. The van der Waals surface area contributed by atoms with E-state index in [2.05, 4.69) is 31.4 Å². The Morgan fingerprint density at radius 2 is 1.91 bits per heavy atom. The molecule has 0 saturated heterocycles. The van der Waals surface area contributed by atoms with Crippen LogP contribution in [0, 0.1) is 11.6 Å². The number of benzene rings is 3. The van der Waals surface area contributed by atoms with Crippen LogP contribution in [-0.2, 0) is 4.79 Å². The number of amides is 1. The van der Waals surface area contributed by atoms with Crippen LogP contribution in [0.25, 0.3) is 17.1 Å². The second-order valence-corrected chi connectivity index (χ2v) is 9.16. The summed E-state index contributed by atoms with van der Waals surface area (Å²) in [6.07, 6.45) is 0. The Morgan fingerprint density at radius 1 is 1.15 bits per heavy atom. The average Bonchev–Trinajstić information content (AvgIpc) is 3.24. The highest BCUT2D eigenvalue weighted by Crippen LogP contribution is 2.31. The zero-order chi connectivity index (χ0) is 24.2. The molecule has 3 aromatic carbocycles. The molecule has 174 valence electrons. The minimum absolute atomic E-state index is 0.0902. The minimum atomic E-state index is -0.880. The summed E-state index contributed by atoms with van der Waals surface area (Å²) < 4.78 is 34.6. The molecule has 0 atom stereocenters. The molecule has 0 unspecified atom stereocenters. The van der Waals surface area contributed by atoms with E-state index in [-0.39, 0.29) is 15.9 Å². The maximum atomic E-state index is 14.1. The number of rotatable bonds is 7. The first-order valence-electron chi connectivity index (χ1n) is 9.78. The van der Waals surface area contributed by atoms with Crippen LogP contribution in [0.2, 0.25) is 5.02 Å². The minimum Gasteiger partial charge on any atom is -0.497 e.